The van der Waals surface area contributed by atoms with E-state index in [1.54, 1.807) is 4.57 Å². The largest absolute Gasteiger partial charge is 0.685 e. The fourth-order valence-electron chi connectivity index (χ4n) is 16.1. The number of rotatable bonds is 26. The van der Waals surface area contributed by atoms with Crippen molar-refractivity contribution in [1.29, 1.82) is 5.26 Å². The topological polar surface area (TPSA) is 491 Å². The summed E-state index contributed by atoms with van der Waals surface area (Å²) >= 11 is 0. The van der Waals surface area contributed by atoms with Gasteiger partial charge in [-0.2, -0.15) is 17.1 Å². The molecule has 8 bridgehead atoms. The number of imidazole rings is 1. The monoisotopic (exact) mass is 1360 g/mol. The Labute approximate surface area is 553 Å². The summed E-state index contributed by atoms with van der Waals surface area (Å²) in [6, 6.07) is 0.417. The SMILES string of the molecule is C/C1=C2/[N-][C@H]([C@H](CC(N)=O)[C@@]2(C)CCC(=O)NC[C@@H](C)OP(=O)(O)O[C@H]2[C@@H](O)[C@@H](n3cnc4cc(C)c(C)cc43)O[C@@H]2CO)[C@]2(C)[N-]C(/C(C)=C3\[N-]C(/C=C4\[N-]C1[C@@H](CCC(N)=O)C4(C)C)[C@@H](CCC(N)=O)[C@]3(C)CC(N)=O)[C@@H](CCC(N)=O)[C@]2(C)CC(N)=O.[C-]#N.[Co]. The van der Waals surface area contributed by atoms with Crippen molar-refractivity contribution in [1.82, 2.24) is 14.9 Å². The van der Waals surface area contributed by atoms with Crippen molar-refractivity contribution in [2.75, 3.05) is 13.2 Å². The molecule has 6 aliphatic rings. The Morgan fingerprint density at radius 3 is 1.89 bits per heavy atom. The standard InChI is InChI=1S/C62H92N13O14P.CN.Co/c1-29-20-39-40(21-30(29)2)75(28-70-39)57-52(84)53(41(27-76)87-57)89-90(85,86)88-31(3)26-69-49(83)18-19-59(8)37(22-46(66)80)56-62(11)61(10,25-48(68)82)36(14-17-45(65)79)51(74-62)33(5)55-60(9,24-47(67)81)34(12-15-43(63)77)38(71-55)23-42-58(6,7)35(13-16-44(64)78)50(72-42)32(4)54(59)73-56;1-2;/h20-21,23,28,31,34-38,41,50-53,56-57,76,84H,12-19,22,24-27H2,1-11H3,(H2,63,77)(H2,64,78)(H2,65,79)(H2,66,80)(H2,67,81)(H2,68,82)(H,69,83)(H,85,86);;/q-4;-1;/b42-23-,54-32-,55-33-;;/t31-,34-,35-,36-,37+,38?,41-,50?,51?,52-,53-,56-,57+,59-,60+,61+,62+;;/m1../s1. The van der Waals surface area contributed by atoms with Crippen molar-refractivity contribution < 1.29 is 83.8 Å². The van der Waals surface area contributed by atoms with Gasteiger partial charge in [0.05, 0.1) is 30.1 Å². The number of nitrogens with zero attached hydrogens (tertiary/aromatic N) is 7. The second kappa shape index (κ2) is 28.9. The second-order valence-corrected chi connectivity index (χ2v) is 28.9. The minimum absolute atomic E-state index is 0. The number of carbonyl (C=O) groups excluding carboxylic acids is 7. The number of aliphatic hydroxyl groups is 2. The van der Waals surface area contributed by atoms with Crippen LogP contribution in [0, 0.1) is 71.0 Å². The number of aliphatic hydroxyl groups excluding tert-OH is 2. The molecule has 1 aromatic carbocycles. The molecule has 5 fully saturated rings. The number of ether oxygens (including phenoxy) is 1. The maximum Gasteiger partial charge on any atom is 0.472 e. The van der Waals surface area contributed by atoms with Crippen LogP contribution in [0.15, 0.2) is 52.8 Å². The number of allylic oxidation sites excluding steroid dienone is 3. The normalized spacial score (nSPS) is 35.5. The Bertz CT molecular complexity index is 3390. The molecule has 4 unspecified atom stereocenters. The third-order valence-electron chi connectivity index (χ3n) is 21.2. The number of nitrogens with one attached hydrogen (secondary N) is 1. The molecule has 93 heavy (non-hydrogen) atoms. The Kier molecular flexibility index (Phi) is 23.5. The van der Waals surface area contributed by atoms with Gasteiger partial charge in [0.1, 0.15) is 18.3 Å². The number of phosphoric ester groups is 1. The summed E-state index contributed by atoms with van der Waals surface area (Å²) in [5.41, 5.74) is 36.2. The number of hydrogen-bond acceptors (Lipinski definition) is 15. The number of aromatic nitrogens is 2. The number of benzene rings is 1. The van der Waals surface area contributed by atoms with Crippen LogP contribution < -0.4 is 39.7 Å². The first-order valence-electron chi connectivity index (χ1n) is 31.1. The van der Waals surface area contributed by atoms with E-state index in [1.807, 2.05) is 87.4 Å². The third-order valence-corrected chi connectivity index (χ3v) is 22.3. The van der Waals surface area contributed by atoms with E-state index in [4.69, 9.17) is 81.3 Å². The third kappa shape index (κ3) is 14.8. The molecule has 1 radical (unpaired) electrons. The van der Waals surface area contributed by atoms with E-state index in [2.05, 4.69) is 10.3 Å². The van der Waals surface area contributed by atoms with E-state index in [0.29, 0.717) is 39.3 Å². The number of aryl methyl sites for hydroxylation is 2. The van der Waals surface area contributed by atoms with E-state index in [1.165, 1.54) is 13.3 Å². The molecular formula is C63H92CoN14O14P-5. The zero-order chi connectivity index (χ0) is 68.7. The molecule has 1 aromatic heterocycles. The predicted octanol–water partition coefficient (Wildman–Crippen LogP) is 4.95. The minimum atomic E-state index is -5.06. The average molecular weight is 1360 g/mol. The zero-order valence-electron chi connectivity index (χ0n) is 54.7. The molecule has 6 aliphatic heterocycles. The van der Waals surface area contributed by atoms with Crippen molar-refractivity contribution in [2.24, 2.45) is 79.7 Å². The predicted molar refractivity (Wildman–Crippen MR) is 338 cm³/mol. The smallest absolute Gasteiger partial charge is 0.472 e. The first kappa shape index (κ1) is 75.6. The van der Waals surface area contributed by atoms with Gasteiger partial charge in [-0.3, -0.25) is 42.6 Å². The fraction of sp³-hybridized carbons (Fsp3) is 0.667. The summed E-state index contributed by atoms with van der Waals surface area (Å²) in [5, 5.41) is 53.2. The summed E-state index contributed by atoms with van der Waals surface area (Å²) in [4.78, 5) is 109. The van der Waals surface area contributed by atoms with Gasteiger partial charge in [0, 0.05) is 68.3 Å². The van der Waals surface area contributed by atoms with E-state index >= 15 is 0 Å². The van der Waals surface area contributed by atoms with Gasteiger partial charge in [-0.15, -0.1) is 34.8 Å². The maximum absolute atomic E-state index is 14.4. The van der Waals surface area contributed by atoms with Gasteiger partial charge in [-0.1, -0.05) is 53.6 Å². The molecule has 28 nitrogen and oxygen atoms in total. The molecule has 8 rings (SSSR count). The van der Waals surface area contributed by atoms with E-state index in [0.717, 1.165) is 11.1 Å². The Morgan fingerprint density at radius 1 is 0.763 bits per heavy atom. The summed E-state index contributed by atoms with van der Waals surface area (Å²) in [7, 11) is -5.06. The van der Waals surface area contributed by atoms with Crippen LogP contribution in [0.4, 0.5) is 0 Å². The number of nitrogens with two attached hydrogens (primary N) is 6. The quantitative estimate of drug-likeness (QED) is 0.0440. The molecule has 30 heteroatoms. The molecule has 0 spiro atoms. The second-order valence-electron chi connectivity index (χ2n) is 27.5. The van der Waals surface area contributed by atoms with Crippen LogP contribution in [0.5, 0.6) is 0 Å². The molecule has 18 atom stereocenters. The number of fused-ring (bicyclic) bond motifs is 10. The van der Waals surface area contributed by atoms with Gasteiger partial charge in [-0.05, 0) is 129 Å². The van der Waals surface area contributed by atoms with Crippen molar-refractivity contribution in [3.8, 4) is 0 Å². The molecule has 2 aromatic rings. The first-order chi connectivity index (χ1) is 42.8. The number of hydrogen-bond donors (Lipinski definition) is 10. The van der Waals surface area contributed by atoms with Crippen LogP contribution >= 0.6 is 7.82 Å². The molecule has 517 valence electrons. The Morgan fingerprint density at radius 2 is 1.32 bits per heavy atom. The zero-order valence-corrected chi connectivity index (χ0v) is 56.7. The van der Waals surface area contributed by atoms with Gasteiger partial charge in [0.25, 0.3) is 0 Å². The van der Waals surface area contributed by atoms with Gasteiger partial charge < -0.3 is 97.2 Å². The Hall–Kier alpha value is -6.45. The summed E-state index contributed by atoms with van der Waals surface area (Å²) in [6.45, 7) is 24.2. The molecule has 5 saturated heterocycles. The van der Waals surface area contributed by atoms with Crippen LogP contribution in [0.1, 0.15) is 150 Å². The van der Waals surface area contributed by atoms with Gasteiger partial charge in [0.15, 0.2) is 6.23 Å². The van der Waals surface area contributed by atoms with Crippen molar-refractivity contribution in [3.63, 3.8) is 0 Å². The van der Waals surface area contributed by atoms with E-state index < -0.39 is 161 Å². The van der Waals surface area contributed by atoms with Gasteiger partial charge >= 0.3 is 7.82 Å². The fourth-order valence-corrected chi connectivity index (χ4v) is 17.3. The number of carbonyl (C=O) groups is 7. The maximum atomic E-state index is 14.4. The van der Waals surface area contributed by atoms with Crippen LogP contribution in [0.3, 0.4) is 0 Å². The van der Waals surface area contributed by atoms with E-state index in [9.17, 15) is 53.2 Å². The first-order valence-corrected chi connectivity index (χ1v) is 32.6. The van der Waals surface area contributed by atoms with Crippen LogP contribution in [0.2, 0.25) is 0 Å². The molecule has 7 heterocycles. The molecule has 0 saturated carbocycles. The van der Waals surface area contributed by atoms with Crippen LogP contribution in [0.25, 0.3) is 32.3 Å². The number of amides is 7. The molecular weight excluding hydrogens is 1270 g/mol. The summed E-state index contributed by atoms with van der Waals surface area (Å²) < 4.78 is 32.3. The molecule has 16 N–H and O–H groups in total. The minimum Gasteiger partial charge on any atom is -0.685 e. The summed E-state index contributed by atoms with van der Waals surface area (Å²) in [6.07, 6.45) is -3.96. The van der Waals surface area contributed by atoms with E-state index in [-0.39, 0.29) is 94.0 Å². The van der Waals surface area contributed by atoms with Crippen LogP contribution in [-0.2, 0) is 68.7 Å². The van der Waals surface area contributed by atoms with Crippen molar-refractivity contribution >= 4 is 60.2 Å². The molecule has 0 aliphatic carbocycles. The Balaban J connectivity index is 0.00000453. The number of primary amides is 6. The number of phosphoric acid groups is 1. The average Bonchev–Trinajstić information content (AvgIpc) is 1.53. The van der Waals surface area contributed by atoms with Gasteiger partial charge in [0.2, 0.25) is 41.4 Å². The van der Waals surface area contributed by atoms with Crippen molar-refractivity contribution in [2.45, 2.75) is 207 Å². The van der Waals surface area contributed by atoms with Crippen molar-refractivity contribution in [3.05, 3.63) is 91.7 Å². The van der Waals surface area contributed by atoms with Gasteiger partial charge in [-0.25, -0.2) is 9.55 Å². The summed E-state index contributed by atoms with van der Waals surface area (Å²) in [5.74, 6) is -6.86. The molecule has 7 amide bonds. The van der Waals surface area contributed by atoms with Crippen LogP contribution in [-0.4, -0.2) is 133 Å².